The maximum atomic E-state index is 13.8. The summed E-state index contributed by atoms with van der Waals surface area (Å²) in [6.45, 7) is 3.34. The Kier molecular flexibility index (Phi) is 9.66. The summed E-state index contributed by atoms with van der Waals surface area (Å²) in [6, 6.07) is 8.50. The monoisotopic (exact) mass is 514 g/mol. The molecule has 200 valence electrons. The summed E-state index contributed by atoms with van der Waals surface area (Å²) in [5, 5.41) is 17.4. The van der Waals surface area contributed by atoms with E-state index in [-0.39, 0.29) is 37.4 Å². The van der Waals surface area contributed by atoms with Crippen LogP contribution in [0.1, 0.15) is 67.9 Å². The van der Waals surface area contributed by atoms with Crippen LogP contribution in [0.4, 0.5) is 8.78 Å². The van der Waals surface area contributed by atoms with Crippen LogP contribution in [0.2, 0.25) is 0 Å². The molecule has 1 aliphatic carbocycles. The SMILES string of the molecule is CCCOc1ccc2c(c1)[C@@H]1CC2OCC=CCCCC(=O)N[C@@H](Cc2cc(F)cc(F)c2)[C@H](O)CN1. The third-order valence-electron chi connectivity index (χ3n) is 6.80. The van der Waals surface area contributed by atoms with Crippen molar-refractivity contribution in [3.05, 3.63) is 76.9 Å². The molecule has 2 bridgehead atoms. The van der Waals surface area contributed by atoms with Gasteiger partial charge in [0.15, 0.2) is 0 Å². The quantitative estimate of drug-likeness (QED) is 0.506. The van der Waals surface area contributed by atoms with Crippen molar-refractivity contribution in [2.24, 2.45) is 0 Å². The van der Waals surface area contributed by atoms with Gasteiger partial charge in [-0.25, -0.2) is 8.78 Å². The highest BCUT2D eigenvalue weighted by atomic mass is 19.1. The van der Waals surface area contributed by atoms with E-state index in [1.54, 1.807) is 0 Å². The van der Waals surface area contributed by atoms with E-state index in [0.29, 0.717) is 31.6 Å². The molecular formula is C29H36F2N2O4. The molecule has 1 heterocycles. The minimum absolute atomic E-state index is 0.0836. The fourth-order valence-corrected chi connectivity index (χ4v) is 4.96. The number of hydrogen-bond donors (Lipinski definition) is 3. The average molecular weight is 515 g/mol. The lowest BCUT2D eigenvalue weighted by Gasteiger charge is -2.26. The Labute approximate surface area is 217 Å². The zero-order valence-corrected chi connectivity index (χ0v) is 21.2. The van der Waals surface area contributed by atoms with Crippen LogP contribution in [0.3, 0.4) is 0 Å². The topological polar surface area (TPSA) is 79.8 Å². The van der Waals surface area contributed by atoms with Gasteiger partial charge in [-0.3, -0.25) is 4.79 Å². The van der Waals surface area contributed by atoms with Crippen LogP contribution >= 0.6 is 0 Å². The summed E-state index contributed by atoms with van der Waals surface area (Å²) >= 11 is 0. The van der Waals surface area contributed by atoms with Gasteiger partial charge in [0.05, 0.1) is 31.5 Å². The number of amides is 1. The third-order valence-corrected chi connectivity index (χ3v) is 6.80. The second-order valence-corrected chi connectivity index (χ2v) is 9.74. The van der Waals surface area contributed by atoms with Gasteiger partial charge in [0.1, 0.15) is 17.4 Å². The predicted molar refractivity (Wildman–Crippen MR) is 137 cm³/mol. The number of allylic oxidation sites excluding steroid dienone is 1. The number of β-amino-alcohol motifs (C(OH)–C–C–N with tert-alkyl or cyclic N) is 1. The fraction of sp³-hybridized carbons (Fsp3) is 0.483. The Hall–Kier alpha value is -2.81. The van der Waals surface area contributed by atoms with E-state index in [2.05, 4.69) is 17.6 Å². The van der Waals surface area contributed by atoms with Gasteiger partial charge in [-0.1, -0.05) is 25.1 Å². The molecule has 1 unspecified atom stereocenters. The Bertz CT molecular complexity index is 1070. The lowest BCUT2D eigenvalue weighted by Crippen LogP contribution is -2.49. The van der Waals surface area contributed by atoms with E-state index in [1.165, 1.54) is 12.1 Å². The molecule has 3 N–H and O–H groups in total. The van der Waals surface area contributed by atoms with Crippen molar-refractivity contribution in [3.63, 3.8) is 0 Å². The number of carbonyl (C=O) groups is 1. The first kappa shape index (κ1) is 27.2. The normalized spacial score (nSPS) is 24.9. The Morgan fingerprint density at radius 2 is 1.92 bits per heavy atom. The van der Waals surface area contributed by atoms with E-state index in [9.17, 15) is 18.7 Å². The minimum Gasteiger partial charge on any atom is -0.494 e. The number of aliphatic hydroxyl groups excluding tert-OH is 1. The Morgan fingerprint density at radius 3 is 2.70 bits per heavy atom. The smallest absolute Gasteiger partial charge is 0.220 e. The zero-order chi connectivity index (χ0) is 26.2. The van der Waals surface area contributed by atoms with E-state index < -0.39 is 23.8 Å². The molecule has 1 aliphatic heterocycles. The third kappa shape index (κ3) is 7.60. The molecule has 2 aliphatic rings. The van der Waals surface area contributed by atoms with Gasteiger partial charge >= 0.3 is 0 Å². The van der Waals surface area contributed by atoms with Crippen LogP contribution in [-0.4, -0.2) is 42.9 Å². The molecule has 1 amide bonds. The molecule has 0 saturated carbocycles. The summed E-state index contributed by atoms with van der Waals surface area (Å²) < 4.78 is 39.6. The van der Waals surface area contributed by atoms with Crippen molar-refractivity contribution < 1.29 is 28.2 Å². The summed E-state index contributed by atoms with van der Waals surface area (Å²) in [5.41, 5.74) is 2.53. The second kappa shape index (κ2) is 13.1. The van der Waals surface area contributed by atoms with Crippen molar-refractivity contribution in [2.45, 2.75) is 69.7 Å². The maximum absolute atomic E-state index is 13.8. The van der Waals surface area contributed by atoms with E-state index in [4.69, 9.17) is 9.47 Å². The molecule has 2 aromatic rings. The summed E-state index contributed by atoms with van der Waals surface area (Å²) in [7, 11) is 0. The Morgan fingerprint density at radius 1 is 1.11 bits per heavy atom. The van der Waals surface area contributed by atoms with Crippen molar-refractivity contribution in [1.82, 2.24) is 10.6 Å². The standard InChI is InChI=1S/C29H36F2N2O4/c1-2-10-36-22-8-9-23-24(16-22)25-17-28(23)37-11-6-4-3-5-7-29(35)33-26(27(34)18-32-25)14-19-12-20(30)15-21(31)13-19/h4,6,8-9,12-13,15-16,25-28,32,34H,2-3,5,7,10-11,14,17-18H2,1H3,(H,33,35)/t25-,26-,27+,28?/m0/s1. The Balaban J connectivity index is 1.55. The van der Waals surface area contributed by atoms with Crippen LogP contribution in [0.15, 0.2) is 48.6 Å². The van der Waals surface area contributed by atoms with Gasteiger partial charge in [-0.05, 0) is 73.1 Å². The van der Waals surface area contributed by atoms with Crippen LogP contribution < -0.4 is 15.4 Å². The van der Waals surface area contributed by atoms with Gasteiger partial charge in [-0.2, -0.15) is 0 Å². The van der Waals surface area contributed by atoms with Crippen molar-refractivity contribution >= 4 is 5.91 Å². The number of nitrogens with one attached hydrogen (secondary N) is 2. The zero-order valence-electron chi connectivity index (χ0n) is 21.2. The largest absolute Gasteiger partial charge is 0.494 e. The lowest BCUT2D eigenvalue weighted by atomic mass is 9.99. The minimum atomic E-state index is -0.981. The fourth-order valence-electron chi connectivity index (χ4n) is 4.96. The first-order valence-corrected chi connectivity index (χ1v) is 13.1. The van der Waals surface area contributed by atoms with Gasteiger partial charge in [0.2, 0.25) is 5.91 Å². The second-order valence-electron chi connectivity index (χ2n) is 9.74. The molecule has 2 aromatic carbocycles. The van der Waals surface area contributed by atoms with E-state index in [0.717, 1.165) is 35.8 Å². The number of benzene rings is 2. The maximum Gasteiger partial charge on any atom is 0.220 e. The highest BCUT2D eigenvalue weighted by molar-refractivity contribution is 5.76. The van der Waals surface area contributed by atoms with Crippen LogP contribution in [0.25, 0.3) is 0 Å². The molecule has 37 heavy (non-hydrogen) atoms. The molecule has 0 radical (unpaired) electrons. The predicted octanol–water partition coefficient (Wildman–Crippen LogP) is 4.67. The van der Waals surface area contributed by atoms with Gasteiger partial charge in [0.25, 0.3) is 0 Å². The molecule has 0 spiro atoms. The first-order chi connectivity index (χ1) is 17.9. The summed E-state index contributed by atoms with van der Waals surface area (Å²) in [6.07, 6.45) is 6.28. The number of ether oxygens (including phenoxy) is 2. The number of carbonyl (C=O) groups excluding carboxylic acids is 1. The molecule has 0 aromatic heterocycles. The van der Waals surface area contributed by atoms with Crippen molar-refractivity contribution in [1.29, 1.82) is 0 Å². The average Bonchev–Trinajstić information content (AvgIpc) is 3.20. The van der Waals surface area contributed by atoms with E-state index in [1.807, 2.05) is 30.4 Å². The van der Waals surface area contributed by atoms with Crippen LogP contribution in [-0.2, 0) is 16.0 Å². The van der Waals surface area contributed by atoms with Gasteiger partial charge < -0.3 is 25.2 Å². The molecule has 0 fully saturated rings. The van der Waals surface area contributed by atoms with Crippen LogP contribution in [0.5, 0.6) is 5.75 Å². The molecular weight excluding hydrogens is 478 g/mol. The number of halogens is 2. The van der Waals surface area contributed by atoms with Gasteiger partial charge in [0, 0.05) is 25.1 Å². The number of hydrogen-bond acceptors (Lipinski definition) is 5. The highest BCUT2D eigenvalue weighted by Gasteiger charge is 2.33. The summed E-state index contributed by atoms with van der Waals surface area (Å²) in [5.74, 6) is -0.799. The van der Waals surface area contributed by atoms with Crippen molar-refractivity contribution in [2.75, 3.05) is 19.8 Å². The molecule has 4 atom stereocenters. The molecule has 4 rings (SSSR count). The van der Waals surface area contributed by atoms with Crippen molar-refractivity contribution in [3.8, 4) is 5.75 Å². The molecule has 8 heteroatoms. The molecule has 6 nitrogen and oxygen atoms in total. The van der Waals surface area contributed by atoms with Crippen LogP contribution in [0, 0.1) is 11.6 Å². The molecule has 0 saturated heterocycles. The summed E-state index contributed by atoms with van der Waals surface area (Å²) in [4.78, 5) is 12.6. The number of aliphatic hydroxyl groups is 1. The van der Waals surface area contributed by atoms with E-state index >= 15 is 0 Å². The van der Waals surface area contributed by atoms with Gasteiger partial charge in [-0.15, -0.1) is 0 Å². The highest BCUT2D eigenvalue weighted by Crippen LogP contribution is 2.42. The first-order valence-electron chi connectivity index (χ1n) is 13.1. The number of fused-ring (bicyclic) bond motifs is 5. The lowest BCUT2D eigenvalue weighted by molar-refractivity contribution is -0.122. The number of rotatable bonds is 5.